The van der Waals surface area contributed by atoms with Crippen molar-refractivity contribution in [2.45, 2.75) is 34.2 Å². The number of pyridine rings is 1. The molecule has 0 aliphatic heterocycles. The Kier molecular flexibility index (Phi) is 13.6. The zero-order valence-electron chi connectivity index (χ0n) is 34.3. The standard InChI is InChI=1S/C24BF20.C21H22NO/c26-5-1(6(27)14(35)21(42)13(5)34)25(2-7(28)15(36)22(43)16(37)8(2)29,3-9(30)17(38)23(44)18(39)10(3)31)4-11(32)19(40)24(45)20(41)12(4)33;1-14-10-11-20-19(16(14)3)12-15(2)17(4)22(20)13-21(23)18-8-6-5-7-9-18/h;5-12H,13H2,1-4H3/q-1;+1. The van der Waals surface area contributed by atoms with Gasteiger partial charge in [0.05, 0.1) is 0 Å². The van der Waals surface area contributed by atoms with Crippen LogP contribution in [0.1, 0.15) is 32.7 Å². The van der Waals surface area contributed by atoms with E-state index in [0.29, 0.717) is 6.54 Å². The number of aryl methyl sites for hydroxylation is 3. The average Bonchev–Trinajstić information content (AvgIpc) is 3.32. The van der Waals surface area contributed by atoms with Crippen molar-refractivity contribution < 1.29 is 97.2 Å². The van der Waals surface area contributed by atoms with Gasteiger partial charge in [0.2, 0.25) is 17.8 Å². The lowest BCUT2D eigenvalue weighted by molar-refractivity contribution is -0.663. The fourth-order valence-corrected chi connectivity index (χ4v) is 7.89. The summed E-state index contributed by atoms with van der Waals surface area (Å²) in [7, 11) is 0. The van der Waals surface area contributed by atoms with Crippen LogP contribution in [0.4, 0.5) is 87.8 Å². The molecule has 0 aliphatic carbocycles. The molecule has 1 heterocycles. The minimum absolute atomic E-state index is 0.142. The van der Waals surface area contributed by atoms with Gasteiger partial charge in [0.25, 0.3) is 0 Å². The molecule has 0 N–H and O–H groups in total. The molecule has 6 aromatic carbocycles. The molecule has 0 spiro atoms. The Hall–Kier alpha value is -6.94. The highest BCUT2D eigenvalue weighted by atomic mass is 19.2. The smallest absolute Gasteiger partial charge is 0.227 e. The van der Waals surface area contributed by atoms with Crippen molar-refractivity contribution in [3.63, 3.8) is 0 Å². The number of aromatic nitrogens is 1. The van der Waals surface area contributed by atoms with Crippen molar-refractivity contribution in [1.29, 1.82) is 0 Å². The first-order chi connectivity index (χ1) is 31.7. The summed E-state index contributed by atoms with van der Waals surface area (Å²) in [6, 6.07) is 16.0. The Morgan fingerprint density at radius 3 is 1.00 bits per heavy atom. The van der Waals surface area contributed by atoms with Gasteiger partial charge in [0, 0.05) is 29.5 Å². The first kappa shape index (κ1) is 50.5. The third-order valence-electron chi connectivity index (χ3n) is 11.5. The van der Waals surface area contributed by atoms with E-state index in [1.165, 1.54) is 22.1 Å². The largest absolute Gasteiger partial charge is 0.287 e. The van der Waals surface area contributed by atoms with Gasteiger partial charge in [-0.25, -0.2) is 87.8 Å². The summed E-state index contributed by atoms with van der Waals surface area (Å²) < 4.78 is 296. The van der Waals surface area contributed by atoms with Crippen molar-refractivity contribution >= 4 is 44.7 Å². The lowest BCUT2D eigenvalue weighted by Crippen LogP contribution is -2.81. The van der Waals surface area contributed by atoms with Crippen LogP contribution in [-0.2, 0) is 6.54 Å². The summed E-state index contributed by atoms with van der Waals surface area (Å²) in [5.74, 6) is -71.3. The minimum atomic E-state index is -7.22. The monoisotopic (exact) mass is 983 g/mol. The van der Waals surface area contributed by atoms with Crippen LogP contribution in [0.5, 0.6) is 0 Å². The summed E-state index contributed by atoms with van der Waals surface area (Å²) in [6.07, 6.45) is -7.22. The van der Waals surface area contributed by atoms with Crippen LogP contribution in [0.2, 0.25) is 0 Å². The molecule has 0 saturated heterocycles. The van der Waals surface area contributed by atoms with Crippen molar-refractivity contribution in [3.8, 4) is 0 Å². The van der Waals surface area contributed by atoms with Gasteiger partial charge >= 0.3 is 0 Å². The molecule has 0 unspecified atom stereocenters. The van der Waals surface area contributed by atoms with E-state index in [1.807, 2.05) is 30.3 Å². The molecule has 7 rings (SSSR count). The van der Waals surface area contributed by atoms with Gasteiger partial charge in [-0.3, -0.25) is 4.79 Å². The highest BCUT2D eigenvalue weighted by Gasteiger charge is 2.52. The lowest BCUT2D eigenvalue weighted by Gasteiger charge is -2.44. The lowest BCUT2D eigenvalue weighted by atomic mass is 9.12. The normalized spacial score (nSPS) is 11.6. The molecule has 0 amide bonds. The number of fused-ring (bicyclic) bond motifs is 1. The Labute approximate surface area is 368 Å². The van der Waals surface area contributed by atoms with Gasteiger partial charge < -0.3 is 0 Å². The number of nitrogens with zero attached hydrogens (tertiary/aromatic N) is 1. The zero-order valence-corrected chi connectivity index (χ0v) is 34.3. The molecule has 0 saturated carbocycles. The van der Waals surface area contributed by atoms with Crippen LogP contribution >= 0.6 is 0 Å². The first-order valence-corrected chi connectivity index (χ1v) is 18.9. The van der Waals surface area contributed by atoms with E-state index >= 15 is 35.1 Å². The molecule has 68 heavy (non-hydrogen) atoms. The van der Waals surface area contributed by atoms with Crippen LogP contribution in [0.25, 0.3) is 10.9 Å². The molecular formula is C45H22BF20NO. The molecule has 0 bridgehead atoms. The molecule has 0 radical (unpaired) electrons. The number of Topliss-reactive ketones (excluding diaryl/α,β-unsaturated/α-hetero) is 1. The quantitative estimate of drug-likeness (QED) is 0.0390. The second-order valence-electron chi connectivity index (χ2n) is 15.0. The SMILES string of the molecule is Cc1ccc2c(cc(C)c(C)[n+]2CC(=O)c2ccccc2)c1C.Fc1c(F)c(F)c([B-](c2c(F)c(F)c(F)c(F)c2F)(c2c(F)c(F)c(F)c(F)c2F)c2c(F)c(F)c(F)c(F)c2F)c(F)c1F. The molecule has 0 aliphatic rings. The van der Waals surface area contributed by atoms with E-state index < -0.39 is 144 Å². The fraction of sp³-hybridized carbons (Fsp3) is 0.111. The summed E-state index contributed by atoms with van der Waals surface area (Å²) in [5.41, 5.74) is -7.52. The van der Waals surface area contributed by atoms with Crippen molar-refractivity contribution in [3.05, 3.63) is 193 Å². The predicted molar refractivity (Wildman–Crippen MR) is 203 cm³/mol. The van der Waals surface area contributed by atoms with Gasteiger partial charge in [-0.2, -0.15) is 4.57 Å². The van der Waals surface area contributed by atoms with Crippen molar-refractivity contribution in [1.82, 2.24) is 0 Å². The molecule has 0 fully saturated rings. The van der Waals surface area contributed by atoms with Gasteiger partial charge in [0.1, 0.15) is 52.7 Å². The highest BCUT2D eigenvalue weighted by Crippen LogP contribution is 2.31. The zero-order chi connectivity index (χ0) is 50.9. The number of carbonyl (C=O) groups is 1. The van der Waals surface area contributed by atoms with E-state index in [1.54, 1.807) is 0 Å². The van der Waals surface area contributed by atoms with E-state index in [4.69, 9.17) is 0 Å². The number of hydrogen-bond donors (Lipinski definition) is 0. The fourth-order valence-electron chi connectivity index (χ4n) is 7.89. The molecule has 23 heteroatoms. The number of rotatable bonds is 7. The van der Waals surface area contributed by atoms with Crippen LogP contribution < -0.4 is 26.4 Å². The van der Waals surface area contributed by atoms with Gasteiger partial charge in [-0.05, 0) is 38.0 Å². The first-order valence-electron chi connectivity index (χ1n) is 18.9. The second kappa shape index (κ2) is 18.3. The van der Waals surface area contributed by atoms with E-state index in [2.05, 4.69) is 50.5 Å². The Bertz CT molecular complexity index is 2890. The highest BCUT2D eigenvalue weighted by molar-refractivity contribution is 7.20. The Morgan fingerprint density at radius 1 is 0.397 bits per heavy atom. The molecular weight excluding hydrogens is 961 g/mol. The Morgan fingerprint density at radius 2 is 0.691 bits per heavy atom. The third-order valence-corrected chi connectivity index (χ3v) is 11.5. The molecule has 1 aromatic heterocycles. The molecule has 2 nitrogen and oxygen atoms in total. The maximum Gasteiger partial charge on any atom is 0.227 e. The van der Waals surface area contributed by atoms with Gasteiger partial charge in [-0.15, -0.1) is 21.9 Å². The Balaban J connectivity index is 0.000000276. The van der Waals surface area contributed by atoms with Crippen molar-refractivity contribution in [2.75, 3.05) is 0 Å². The number of benzene rings is 6. The van der Waals surface area contributed by atoms with Crippen LogP contribution in [0.15, 0.2) is 48.5 Å². The van der Waals surface area contributed by atoms with Crippen LogP contribution in [0.3, 0.4) is 0 Å². The summed E-state index contributed by atoms with van der Waals surface area (Å²) in [4.78, 5) is 12.7. The number of carbonyl (C=O) groups excluding carboxylic acids is 1. The van der Waals surface area contributed by atoms with Crippen LogP contribution in [-0.4, -0.2) is 11.9 Å². The van der Waals surface area contributed by atoms with Crippen molar-refractivity contribution in [2.24, 2.45) is 0 Å². The molecule has 356 valence electrons. The average molecular weight is 983 g/mol. The van der Waals surface area contributed by atoms with E-state index in [0.717, 1.165) is 16.8 Å². The molecule has 7 aromatic rings. The summed E-state index contributed by atoms with van der Waals surface area (Å²) in [6.45, 7) is 8.85. The maximum atomic E-state index is 15.4. The summed E-state index contributed by atoms with van der Waals surface area (Å²) in [5, 5.41) is 1.23. The van der Waals surface area contributed by atoms with Crippen LogP contribution in [0, 0.1) is 144 Å². The van der Waals surface area contributed by atoms with E-state index in [9.17, 15) is 57.5 Å². The number of hydrogen-bond acceptors (Lipinski definition) is 1. The maximum absolute atomic E-state index is 15.4. The van der Waals surface area contributed by atoms with Gasteiger partial charge in [0.15, 0.2) is 75.5 Å². The predicted octanol–water partition coefficient (Wildman–Crippen LogP) is 10.1. The number of ketones is 1. The minimum Gasteiger partial charge on any atom is -0.287 e. The second-order valence-corrected chi connectivity index (χ2v) is 15.0. The number of halogens is 20. The summed E-state index contributed by atoms with van der Waals surface area (Å²) >= 11 is 0. The topological polar surface area (TPSA) is 20.9 Å². The van der Waals surface area contributed by atoms with E-state index in [-0.39, 0.29) is 5.78 Å². The molecule has 0 atom stereocenters. The third kappa shape index (κ3) is 7.58. The van der Waals surface area contributed by atoms with Gasteiger partial charge in [-0.1, -0.05) is 36.4 Å².